The number of benzene rings is 4. The molecule has 0 N–H and O–H groups in total. The van der Waals surface area contributed by atoms with Gasteiger partial charge < -0.3 is 14.2 Å². The number of methoxy groups -OCH3 is 2. The molecule has 0 saturated carbocycles. The van der Waals surface area contributed by atoms with Crippen molar-refractivity contribution in [3.05, 3.63) is 90.5 Å². The van der Waals surface area contributed by atoms with Crippen molar-refractivity contribution in [3.63, 3.8) is 0 Å². The molecule has 0 bridgehead atoms. The van der Waals surface area contributed by atoms with E-state index >= 15 is 0 Å². The molecule has 0 saturated heterocycles. The first-order valence-corrected chi connectivity index (χ1v) is 10.6. The second-order valence-electron chi connectivity index (χ2n) is 7.34. The van der Waals surface area contributed by atoms with Gasteiger partial charge >= 0.3 is 0 Å². The maximum absolute atomic E-state index is 6.09. The maximum Gasteiger partial charge on any atom is 0.246 e. The normalized spacial score (nSPS) is 10.6. The van der Waals surface area contributed by atoms with Gasteiger partial charge in [-0.15, -0.1) is 5.10 Å². The zero-order chi connectivity index (χ0) is 22.6. The SMILES string of the molecule is COc1c2ccccc2c(OC)c2c1c(OCC#Cc1ccccc1)nn2-c1ccccc1. The summed E-state index contributed by atoms with van der Waals surface area (Å²) < 4.78 is 19.7. The van der Waals surface area contributed by atoms with Gasteiger partial charge in [0.15, 0.2) is 12.4 Å². The first-order valence-electron chi connectivity index (χ1n) is 10.6. The van der Waals surface area contributed by atoms with Gasteiger partial charge in [-0.3, -0.25) is 0 Å². The van der Waals surface area contributed by atoms with Gasteiger partial charge in [0.05, 0.1) is 19.9 Å². The van der Waals surface area contributed by atoms with E-state index in [1.54, 1.807) is 14.2 Å². The molecule has 5 rings (SSSR count). The lowest BCUT2D eigenvalue weighted by Crippen LogP contribution is -1.99. The predicted molar refractivity (Wildman–Crippen MR) is 130 cm³/mol. The van der Waals surface area contributed by atoms with E-state index in [9.17, 15) is 0 Å². The fourth-order valence-corrected chi connectivity index (χ4v) is 3.99. The van der Waals surface area contributed by atoms with E-state index in [1.807, 2.05) is 89.6 Å². The molecule has 162 valence electrons. The van der Waals surface area contributed by atoms with Gasteiger partial charge in [-0.05, 0) is 24.3 Å². The lowest BCUT2D eigenvalue weighted by molar-refractivity contribution is 0.354. The summed E-state index contributed by atoms with van der Waals surface area (Å²) >= 11 is 0. The zero-order valence-electron chi connectivity index (χ0n) is 18.4. The number of fused-ring (bicyclic) bond motifs is 2. The van der Waals surface area contributed by atoms with Crippen molar-refractivity contribution in [1.82, 2.24) is 9.78 Å². The van der Waals surface area contributed by atoms with Gasteiger partial charge in [-0.1, -0.05) is 72.5 Å². The van der Waals surface area contributed by atoms with Crippen LogP contribution in [-0.4, -0.2) is 30.6 Å². The number of ether oxygens (including phenoxy) is 3. The van der Waals surface area contributed by atoms with Crippen LogP contribution in [-0.2, 0) is 0 Å². The second kappa shape index (κ2) is 8.97. The summed E-state index contributed by atoms with van der Waals surface area (Å²) in [7, 11) is 3.33. The van der Waals surface area contributed by atoms with Crippen LogP contribution in [0.15, 0.2) is 84.9 Å². The van der Waals surface area contributed by atoms with Crippen LogP contribution in [0.2, 0.25) is 0 Å². The molecule has 1 heterocycles. The van der Waals surface area contributed by atoms with Crippen LogP contribution in [0.1, 0.15) is 5.56 Å². The van der Waals surface area contributed by atoms with Crippen molar-refractivity contribution >= 4 is 21.7 Å². The van der Waals surface area contributed by atoms with Crippen molar-refractivity contribution < 1.29 is 14.2 Å². The summed E-state index contributed by atoms with van der Waals surface area (Å²) in [5, 5.41) is 7.43. The Morgan fingerprint density at radius 3 is 2.03 bits per heavy atom. The minimum absolute atomic E-state index is 0.189. The fraction of sp³-hybridized carbons (Fsp3) is 0.107. The molecule has 0 fully saturated rings. The van der Waals surface area contributed by atoms with Crippen LogP contribution in [0.5, 0.6) is 17.4 Å². The summed E-state index contributed by atoms with van der Waals surface area (Å²) in [5.41, 5.74) is 2.61. The van der Waals surface area contributed by atoms with Gasteiger partial charge in [0.25, 0.3) is 0 Å². The average Bonchev–Trinajstić information content (AvgIpc) is 3.25. The van der Waals surface area contributed by atoms with Gasteiger partial charge in [0, 0.05) is 16.3 Å². The van der Waals surface area contributed by atoms with Gasteiger partial charge in [-0.25, -0.2) is 4.68 Å². The Balaban J connectivity index is 1.70. The molecule has 33 heavy (non-hydrogen) atoms. The number of nitrogens with zero attached hydrogens (tertiary/aromatic N) is 2. The van der Waals surface area contributed by atoms with E-state index in [1.165, 1.54) is 0 Å². The van der Waals surface area contributed by atoms with Crippen molar-refractivity contribution in [2.75, 3.05) is 20.8 Å². The molecule has 0 spiro atoms. The molecular formula is C28H22N2O3. The highest BCUT2D eigenvalue weighted by atomic mass is 16.5. The second-order valence-corrected chi connectivity index (χ2v) is 7.34. The quantitative estimate of drug-likeness (QED) is 0.337. The monoisotopic (exact) mass is 434 g/mol. The fourth-order valence-electron chi connectivity index (χ4n) is 3.99. The standard InChI is InChI=1S/C28H22N2O3/c1-31-26-22-17-9-10-18-23(22)27(32-2)25-24(26)28(29-30(25)21-15-7-4-8-16-21)33-19-11-14-20-12-5-3-6-13-20/h3-10,12-13,15-18H,19H2,1-2H3. The lowest BCUT2D eigenvalue weighted by Gasteiger charge is -2.14. The summed E-state index contributed by atoms with van der Waals surface area (Å²) in [5.74, 6) is 8.03. The molecule has 5 aromatic rings. The largest absolute Gasteiger partial charge is 0.495 e. The van der Waals surface area contributed by atoms with E-state index in [2.05, 4.69) is 11.8 Å². The molecule has 5 heteroatoms. The Labute approximate surface area is 192 Å². The average molecular weight is 434 g/mol. The molecule has 0 amide bonds. The highest BCUT2D eigenvalue weighted by molar-refractivity contribution is 6.12. The number of aromatic nitrogens is 2. The molecule has 5 nitrogen and oxygen atoms in total. The lowest BCUT2D eigenvalue weighted by atomic mass is 10.0. The van der Waals surface area contributed by atoms with Crippen LogP contribution in [0.25, 0.3) is 27.4 Å². The van der Waals surface area contributed by atoms with Gasteiger partial charge in [-0.2, -0.15) is 0 Å². The molecule has 0 atom stereocenters. The summed E-state index contributed by atoms with van der Waals surface area (Å²) in [4.78, 5) is 0. The number of para-hydroxylation sites is 1. The summed E-state index contributed by atoms with van der Waals surface area (Å²) in [6, 6.07) is 27.7. The van der Waals surface area contributed by atoms with E-state index in [-0.39, 0.29) is 6.61 Å². The number of hydrogen-bond donors (Lipinski definition) is 0. The summed E-state index contributed by atoms with van der Waals surface area (Å²) in [6.07, 6.45) is 0. The molecule has 0 aliphatic rings. The summed E-state index contributed by atoms with van der Waals surface area (Å²) in [6.45, 7) is 0.189. The number of rotatable bonds is 5. The van der Waals surface area contributed by atoms with E-state index < -0.39 is 0 Å². The van der Waals surface area contributed by atoms with Crippen LogP contribution in [0, 0.1) is 11.8 Å². The van der Waals surface area contributed by atoms with Crippen molar-refractivity contribution in [1.29, 1.82) is 0 Å². The van der Waals surface area contributed by atoms with Crippen LogP contribution < -0.4 is 14.2 Å². The topological polar surface area (TPSA) is 45.5 Å². The molecular weight excluding hydrogens is 412 g/mol. The Hall–Kier alpha value is -4.43. The molecule has 0 unspecified atom stereocenters. The Morgan fingerprint density at radius 1 is 0.758 bits per heavy atom. The van der Waals surface area contributed by atoms with Gasteiger partial charge in [0.1, 0.15) is 16.7 Å². The smallest absolute Gasteiger partial charge is 0.246 e. The molecule has 0 radical (unpaired) electrons. The molecule has 1 aromatic heterocycles. The van der Waals surface area contributed by atoms with Gasteiger partial charge in [0.2, 0.25) is 5.88 Å². The first-order chi connectivity index (χ1) is 16.3. The Bertz CT molecular complexity index is 1480. The van der Waals surface area contributed by atoms with E-state index in [0.29, 0.717) is 17.4 Å². The van der Waals surface area contributed by atoms with E-state index in [4.69, 9.17) is 19.3 Å². The zero-order valence-corrected chi connectivity index (χ0v) is 18.4. The number of hydrogen-bond acceptors (Lipinski definition) is 4. The highest BCUT2D eigenvalue weighted by Gasteiger charge is 2.25. The molecule has 0 aliphatic heterocycles. The van der Waals surface area contributed by atoms with Crippen molar-refractivity contribution in [2.24, 2.45) is 0 Å². The molecule has 4 aromatic carbocycles. The van der Waals surface area contributed by atoms with Crippen LogP contribution >= 0.6 is 0 Å². The molecule has 0 aliphatic carbocycles. The Morgan fingerprint density at radius 2 is 1.36 bits per heavy atom. The van der Waals surface area contributed by atoms with Crippen molar-refractivity contribution in [3.8, 4) is 34.9 Å². The van der Waals surface area contributed by atoms with Crippen molar-refractivity contribution in [2.45, 2.75) is 0 Å². The predicted octanol–water partition coefficient (Wildman–Crippen LogP) is 5.63. The third-order valence-corrected chi connectivity index (χ3v) is 5.41. The maximum atomic E-state index is 6.09. The third-order valence-electron chi connectivity index (χ3n) is 5.41. The minimum Gasteiger partial charge on any atom is -0.495 e. The third kappa shape index (κ3) is 3.72. The first kappa shape index (κ1) is 20.5. The Kier molecular flexibility index (Phi) is 5.57. The van der Waals surface area contributed by atoms with E-state index in [0.717, 1.165) is 32.9 Å². The minimum atomic E-state index is 0.189. The van der Waals surface area contributed by atoms with Crippen LogP contribution in [0.3, 0.4) is 0 Å². The highest BCUT2D eigenvalue weighted by Crippen LogP contribution is 2.46. The van der Waals surface area contributed by atoms with Crippen LogP contribution in [0.4, 0.5) is 0 Å².